The van der Waals surface area contributed by atoms with Crippen LogP contribution in [-0.2, 0) is 6.54 Å². The molecule has 0 radical (unpaired) electrons. The van der Waals surface area contributed by atoms with Crippen molar-refractivity contribution >= 4 is 27.5 Å². The molecule has 2 N–H and O–H groups in total. The van der Waals surface area contributed by atoms with E-state index in [4.69, 9.17) is 5.26 Å². The molecular formula is C20H14N4O. The Balaban J connectivity index is 1.72. The smallest absolute Gasteiger partial charge is 0.257 e. The van der Waals surface area contributed by atoms with E-state index >= 15 is 0 Å². The minimum Gasteiger partial charge on any atom is -0.381 e. The maximum atomic E-state index is 12.2. The quantitative estimate of drug-likeness (QED) is 0.564. The molecule has 0 bridgehead atoms. The monoisotopic (exact) mass is 326 g/mol. The van der Waals surface area contributed by atoms with E-state index in [1.165, 1.54) is 0 Å². The fourth-order valence-corrected chi connectivity index (χ4v) is 2.93. The molecule has 0 aliphatic rings. The first-order valence-corrected chi connectivity index (χ1v) is 7.88. The molecular weight excluding hydrogens is 312 g/mol. The highest BCUT2D eigenvalue weighted by Gasteiger charge is 2.06. The van der Waals surface area contributed by atoms with Gasteiger partial charge in [0, 0.05) is 34.6 Å². The number of fused-ring (bicyclic) bond motifs is 3. The summed E-state index contributed by atoms with van der Waals surface area (Å²) in [7, 11) is 0. The van der Waals surface area contributed by atoms with Gasteiger partial charge in [-0.25, -0.2) is 4.98 Å². The van der Waals surface area contributed by atoms with Crippen LogP contribution in [0, 0.1) is 11.3 Å². The lowest BCUT2D eigenvalue weighted by Crippen LogP contribution is -2.07. The number of anilines is 1. The molecule has 0 saturated carbocycles. The molecule has 0 unspecified atom stereocenters. The van der Waals surface area contributed by atoms with Crippen LogP contribution in [0.1, 0.15) is 11.1 Å². The van der Waals surface area contributed by atoms with Gasteiger partial charge in [0.15, 0.2) is 0 Å². The van der Waals surface area contributed by atoms with E-state index in [2.05, 4.69) is 21.4 Å². The van der Waals surface area contributed by atoms with E-state index in [1.54, 1.807) is 12.3 Å². The number of hydrogen-bond acceptors (Lipinski definition) is 4. The van der Waals surface area contributed by atoms with Gasteiger partial charge >= 0.3 is 0 Å². The summed E-state index contributed by atoms with van der Waals surface area (Å²) in [5.41, 5.74) is 3.01. The molecule has 4 aromatic rings. The highest BCUT2D eigenvalue weighted by Crippen LogP contribution is 2.23. The predicted molar refractivity (Wildman–Crippen MR) is 98.4 cm³/mol. The average Bonchev–Trinajstić information content (AvgIpc) is 2.66. The van der Waals surface area contributed by atoms with Crippen LogP contribution in [0.25, 0.3) is 21.8 Å². The first kappa shape index (κ1) is 14.9. The predicted octanol–water partition coefficient (Wildman–Crippen LogP) is 3.56. The fourth-order valence-electron chi connectivity index (χ4n) is 2.93. The van der Waals surface area contributed by atoms with E-state index in [0.29, 0.717) is 23.1 Å². The third kappa shape index (κ3) is 2.81. The average molecular weight is 326 g/mol. The van der Waals surface area contributed by atoms with Crippen molar-refractivity contribution in [3.05, 3.63) is 82.3 Å². The van der Waals surface area contributed by atoms with Crippen LogP contribution in [0.15, 0.2) is 65.6 Å². The first-order chi connectivity index (χ1) is 12.2. The lowest BCUT2D eigenvalue weighted by molar-refractivity contribution is 1.15. The van der Waals surface area contributed by atoms with Crippen LogP contribution in [0.2, 0.25) is 0 Å². The van der Waals surface area contributed by atoms with Crippen LogP contribution in [0.3, 0.4) is 0 Å². The highest BCUT2D eigenvalue weighted by atomic mass is 16.1. The molecule has 4 rings (SSSR count). The third-order valence-electron chi connectivity index (χ3n) is 4.15. The second-order valence-electron chi connectivity index (χ2n) is 5.78. The van der Waals surface area contributed by atoms with Crippen molar-refractivity contribution in [1.29, 1.82) is 5.26 Å². The van der Waals surface area contributed by atoms with E-state index < -0.39 is 0 Å². The van der Waals surface area contributed by atoms with E-state index in [1.807, 2.05) is 48.5 Å². The van der Waals surface area contributed by atoms with E-state index in [0.717, 1.165) is 22.0 Å². The van der Waals surface area contributed by atoms with Crippen LogP contribution in [0.5, 0.6) is 0 Å². The maximum absolute atomic E-state index is 12.2. The zero-order chi connectivity index (χ0) is 17.2. The Morgan fingerprint density at radius 2 is 1.96 bits per heavy atom. The van der Waals surface area contributed by atoms with Crippen molar-refractivity contribution in [3.63, 3.8) is 0 Å². The van der Waals surface area contributed by atoms with Gasteiger partial charge in [-0.1, -0.05) is 12.1 Å². The summed E-state index contributed by atoms with van der Waals surface area (Å²) in [4.78, 5) is 19.2. The summed E-state index contributed by atoms with van der Waals surface area (Å²) in [5.74, 6) is 0. The van der Waals surface area contributed by atoms with Crippen LogP contribution in [-0.4, -0.2) is 9.97 Å². The first-order valence-electron chi connectivity index (χ1n) is 7.88. The third-order valence-corrected chi connectivity index (χ3v) is 4.15. The minimum atomic E-state index is -0.144. The van der Waals surface area contributed by atoms with Gasteiger partial charge in [0.1, 0.15) is 5.65 Å². The largest absolute Gasteiger partial charge is 0.381 e. The minimum absolute atomic E-state index is 0.144. The van der Waals surface area contributed by atoms with Gasteiger partial charge in [-0.2, -0.15) is 5.26 Å². The van der Waals surface area contributed by atoms with Crippen molar-refractivity contribution in [1.82, 2.24) is 9.97 Å². The van der Waals surface area contributed by atoms with Crippen molar-refractivity contribution in [2.45, 2.75) is 6.54 Å². The van der Waals surface area contributed by atoms with Crippen molar-refractivity contribution in [2.24, 2.45) is 0 Å². The Labute approximate surface area is 143 Å². The molecule has 0 amide bonds. The summed E-state index contributed by atoms with van der Waals surface area (Å²) < 4.78 is 0. The van der Waals surface area contributed by atoms with Gasteiger partial charge in [0.2, 0.25) is 0 Å². The van der Waals surface area contributed by atoms with Gasteiger partial charge in [-0.15, -0.1) is 0 Å². The Bertz CT molecular complexity index is 1190. The second kappa shape index (κ2) is 6.10. The summed E-state index contributed by atoms with van der Waals surface area (Å²) in [5, 5.41) is 14.7. The van der Waals surface area contributed by atoms with Gasteiger partial charge in [-0.05, 0) is 48.0 Å². The number of hydrogen-bond donors (Lipinski definition) is 2. The lowest BCUT2D eigenvalue weighted by Gasteiger charge is -2.09. The standard InChI is InChI=1S/C20H14N4O/c21-11-13-3-1-4-14(9-13)12-23-15-6-7-17-18(10-15)16-5-2-8-22-19(16)24-20(17)25/h1-10,23H,12H2,(H,22,24,25). The summed E-state index contributed by atoms with van der Waals surface area (Å²) in [6.07, 6.45) is 1.66. The molecule has 2 aromatic carbocycles. The zero-order valence-electron chi connectivity index (χ0n) is 13.3. The molecule has 25 heavy (non-hydrogen) atoms. The normalized spacial score (nSPS) is 10.7. The molecule has 0 fully saturated rings. The van der Waals surface area contributed by atoms with Crippen molar-refractivity contribution < 1.29 is 0 Å². The van der Waals surface area contributed by atoms with Crippen LogP contribution < -0.4 is 10.9 Å². The van der Waals surface area contributed by atoms with Gasteiger partial charge < -0.3 is 10.3 Å². The number of nitrogens with one attached hydrogen (secondary N) is 2. The number of H-pyrrole nitrogens is 1. The Morgan fingerprint density at radius 1 is 1.04 bits per heavy atom. The molecule has 120 valence electrons. The Morgan fingerprint density at radius 3 is 2.84 bits per heavy atom. The molecule has 2 aromatic heterocycles. The SMILES string of the molecule is N#Cc1cccc(CNc2ccc3c(=O)[nH]c4ncccc4c3c2)c1. The Hall–Kier alpha value is -3.65. The number of nitriles is 1. The fraction of sp³-hybridized carbons (Fsp3) is 0.0500. The number of benzene rings is 2. The molecule has 5 heteroatoms. The van der Waals surface area contributed by atoms with Gasteiger partial charge in [0.25, 0.3) is 5.56 Å². The van der Waals surface area contributed by atoms with Crippen LogP contribution in [0.4, 0.5) is 5.69 Å². The zero-order valence-corrected chi connectivity index (χ0v) is 13.3. The summed E-state index contributed by atoms with van der Waals surface area (Å²) >= 11 is 0. The number of nitrogens with zero attached hydrogens (tertiary/aromatic N) is 2. The topological polar surface area (TPSA) is 81.6 Å². The maximum Gasteiger partial charge on any atom is 0.257 e. The second-order valence-corrected chi connectivity index (χ2v) is 5.78. The number of pyridine rings is 2. The summed E-state index contributed by atoms with van der Waals surface area (Å²) in [6, 6.07) is 19.1. The van der Waals surface area contributed by atoms with Gasteiger partial charge in [0.05, 0.1) is 11.6 Å². The molecule has 0 spiro atoms. The van der Waals surface area contributed by atoms with Gasteiger partial charge in [-0.3, -0.25) is 4.79 Å². The number of rotatable bonds is 3. The molecule has 0 saturated heterocycles. The van der Waals surface area contributed by atoms with Crippen LogP contribution >= 0.6 is 0 Å². The number of aromatic amines is 1. The Kier molecular flexibility index (Phi) is 3.64. The van der Waals surface area contributed by atoms with Crippen molar-refractivity contribution in [2.75, 3.05) is 5.32 Å². The summed E-state index contributed by atoms with van der Waals surface area (Å²) in [6.45, 7) is 0.598. The molecule has 0 aliphatic carbocycles. The molecule has 5 nitrogen and oxygen atoms in total. The molecule has 2 heterocycles. The van der Waals surface area contributed by atoms with E-state index in [9.17, 15) is 4.79 Å². The molecule has 0 aliphatic heterocycles. The van der Waals surface area contributed by atoms with Crippen molar-refractivity contribution in [3.8, 4) is 6.07 Å². The lowest BCUT2D eigenvalue weighted by atomic mass is 10.1. The number of aromatic nitrogens is 2. The van der Waals surface area contributed by atoms with E-state index in [-0.39, 0.29) is 5.56 Å². The highest BCUT2D eigenvalue weighted by molar-refractivity contribution is 6.05. The molecule has 0 atom stereocenters.